The smallest absolute Gasteiger partial charge is 0.167 e. The van der Waals surface area contributed by atoms with Crippen LogP contribution in [0.25, 0.3) is 0 Å². The Morgan fingerprint density at radius 2 is 2.06 bits per heavy atom. The average Bonchev–Trinajstić information content (AvgIpc) is 2.37. The number of nitrogens with one attached hydrogen (secondary N) is 1. The maximum absolute atomic E-state index is 13.5. The molecule has 0 amide bonds. The van der Waals surface area contributed by atoms with Crippen molar-refractivity contribution < 1.29 is 9.13 Å². The Morgan fingerprint density at radius 1 is 1.33 bits per heavy atom. The average molecular weight is 253 g/mol. The predicted octanol–water partition coefficient (Wildman–Crippen LogP) is 2.62. The fourth-order valence-corrected chi connectivity index (χ4v) is 2.11. The van der Waals surface area contributed by atoms with E-state index in [1.165, 1.54) is 25.3 Å². The zero-order valence-electron chi connectivity index (χ0n) is 10.7. The van der Waals surface area contributed by atoms with Crippen LogP contribution in [0.2, 0.25) is 0 Å². The van der Waals surface area contributed by atoms with Gasteiger partial charge in [0.1, 0.15) is 0 Å². The summed E-state index contributed by atoms with van der Waals surface area (Å²) in [5, 5.41) is 2.11. The summed E-state index contributed by atoms with van der Waals surface area (Å²) in [5.74, 6) is -0.176. The van der Waals surface area contributed by atoms with E-state index in [1.807, 2.05) is 6.92 Å². The molecule has 0 aromatic heterocycles. The van der Waals surface area contributed by atoms with E-state index in [0.717, 1.165) is 13.1 Å². The highest BCUT2D eigenvalue weighted by molar-refractivity contribution is 5.68. The van der Waals surface area contributed by atoms with Gasteiger partial charge in [0, 0.05) is 25.2 Å². The fourth-order valence-electron chi connectivity index (χ4n) is 2.11. The Hall–Kier alpha value is -1.49. The molecule has 1 aromatic carbocycles. The van der Waals surface area contributed by atoms with Crippen molar-refractivity contribution in [2.45, 2.75) is 26.2 Å². The molecule has 2 rings (SSSR count). The largest absolute Gasteiger partial charge is 0.491 e. The first kappa shape index (κ1) is 13.0. The van der Waals surface area contributed by atoms with E-state index < -0.39 is 5.82 Å². The van der Waals surface area contributed by atoms with Crippen LogP contribution < -0.4 is 15.9 Å². The number of hydrazine groups is 1. The topological polar surface area (TPSA) is 50.5 Å². The molecule has 1 saturated heterocycles. The number of hydrogen-bond acceptors (Lipinski definition) is 4. The summed E-state index contributed by atoms with van der Waals surface area (Å²) in [6, 6.07) is 2.93. The Balaban J connectivity index is 2.12. The quantitative estimate of drug-likeness (QED) is 0.810. The molecule has 0 saturated carbocycles. The molecule has 1 aliphatic heterocycles. The van der Waals surface area contributed by atoms with Crippen LogP contribution in [0.15, 0.2) is 12.1 Å². The highest BCUT2D eigenvalue weighted by Crippen LogP contribution is 2.29. The van der Waals surface area contributed by atoms with Gasteiger partial charge in [0.2, 0.25) is 0 Å². The number of anilines is 2. The Kier molecular flexibility index (Phi) is 4.25. The number of rotatable bonds is 4. The normalized spacial score (nSPS) is 16.6. The maximum Gasteiger partial charge on any atom is 0.167 e. The number of ether oxygens (including phenoxy) is 1. The summed E-state index contributed by atoms with van der Waals surface area (Å²) >= 11 is 0. The van der Waals surface area contributed by atoms with Gasteiger partial charge in [-0.15, -0.1) is 0 Å². The van der Waals surface area contributed by atoms with Crippen molar-refractivity contribution in [3.63, 3.8) is 0 Å². The van der Waals surface area contributed by atoms with Crippen molar-refractivity contribution in [1.82, 2.24) is 5.01 Å². The monoisotopic (exact) mass is 253 g/mol. The van der Waals surface area contributed by atoms with Crippen LogP contribution in [0.5, 0.6) is 5.75 Å². The third-order valence-corrected chi connectivity index (χ3v) is 3.04. The van der Waals surface area contributed by atoms with E-state index in [-0.39, 0.29) is 5.75 Å². The van der Waals surface area contributed by atoms with Crippen molar-refractivity contribution in [3.05, 3.63) is 17.9 Å². The van der Waals surface area contributed by atoms with Crippen LogP contribution in [0.1, 0.15) is 26.2 Å². The zero-order valence-corrected chi connectivity index (χ0v) is 10.7. The van der Waals surface area contributed by atoms with E-state index in [2.05, 4.69) is 10.4 Å². The van der Waals surface area contributed by atoms with Crippen molar-refractivity contribution in [1.29, 1.82) is 0 Å². The van der Waals surface area contributed by atoms with Crippen LogP contribution in [-0.2, 0) is 0 Å². The van der Waals surface area contributed by atoms with E-state index in [1.54, 1.807) is 6.07 Å². The molecule has 1 aliphatic rings. The molecule has 1 aromatic rings. The van der Waals surface area contributed by atoms with Crippen LogP contribution >= 0.6 is 0 Å². The first-order valence-electron chi connectivity index (χ1n) is 6.44. The van der Waals surface area contributed by atoms with Gasteiger partial charge in [-0.05, 0) is 19.8 Å². The first-order valence-corrected chi connectivity index (χ1v) is 6.44. The van der Waals surface area contributed by atoms with E-state index in [4.69, 9.17) is 10.5 Å². The third kappa shape index (κ3) is 3.04. The molecule has 1 heterocycles. The second kappa shape index (κ2) is 5.91. The summed E-state index contributed by atoms with van der Waals surface area (Å²) in [4.78, 5) is 0. The van der Waals surface area contributed by atoms with Crippen LogP contribution in [0.3, 0.4) is 0 Å². The number of halogens is 1. The minimum Gasteiger partial charge on any atom is -0.491 e. The minimum absolute atomic E-state index is 0.242. The highest BCUT2D eigenvalue weighted by atomic mass is 19.1. The minimum atomic E-state index is -0.418. The fraction of sp³-hybridized carbons (Fsp3) is 0.538. The van der Waals surface area contributed by atoms with Crippen LogP contribution in [0.4, 0.5) is 15.8 Å². The van der Waals surface area contributed by atoms with Gasteiger partial charge in [0.25, 0.3) is 0 Å². The molecule has 0 aliphatic carbocycles. The van der Waals surface area contributed by atoms with Gasteiger partial charge in [0.05, 0.1) is 18.0 Å². The summed E-state index contributed by atoms with van der Waals surface area (Å²) in [6.45, 7) is 4.24. The van der Waals surface area contributed by atoms with E-state index in [0.29, 0.717) is 18.0 Å². The van der Waals surface area contributed by atoms with Crippen LogP contribution in [-0.4, -0.2) is 24.7 Å². The predicted molar refractivity (Wildman–Crippen MR) is 71.0 cm³/mol. The number of nitrogen functional groups attached to an aromatic ring is 1. The first-order chi connectivity index (χ1) is 8.70. The molecule has 0 radical (unpaired) electrons. The Morgan fingerprint density at radius 3 is 2.72 bits per heavy atom. The molecule has 0 bridgehead atoms. The Labute approximate surface area is 107 Å². The van der Waals surface area contributed by atoms with Crippen molar-refractivity contribution in [2.24, 2.45) is 0 Å². The second-order valence-electron chi connectivity index (χ2n) is 4.46. The van der Waals surface area contributed by atoms with Gasteiger partial charge < -0.3 is 15.9 Å². The van der Waals surface area contributed by atoms with Gasteiger partial charge in [-0.25, -0.2) is 9.40 Å². The lowest BCUT2D eigenvalue weighted by atomic mass is 10.2. The number of hydrogen-bond donors (Lipinski definition) is 2. The summed E-state index contributed by atoms with van der Waals surface area (Å²) in [7, 11) is 0. The molecular weight excluding hydrogens is 233 g/mol. The maximum atomic E-state index is 13.5. The van der Waals surface area contributed by atoms with Gasteiger partial charge in [0.15, 0.2) is 11.6 Å². The van der Waals surface area contributed by atoms with Gasteiger partial charge in [-0.1, -0.05) is 6.42 Å². The standard InChI is InChI=1S/C13H20FN3O/c1-2-18-13-9-12(11(15)8-10(13)14)16-17-6-4-3-5-7-17/h8-9,16H,2-7,15H2,1H3. The lowest BCUT2D eigenvalue weighted by molar-refractivity contribution is 0.273. The third-order valence-electron chi connectivity index (χ3n) is 3.04. The summed E-state index contributed by atoms with van der Waals surface area (Å²) in [6.07, 6.45) is 3.61. The van der Waals surface area contributed by atoms with Crippen LogP contribution in [0, 0.1) is 5.82 Å². The number of benzene rings is 1. The van der Waals surface area contributed by atoms with Gasteiger partial charge in [-0.2, -0.15) is 0 Å². The molecule has 0 unspecified atom stereocenters. The highest BCUT2D eigenvalue weighted by Gasteiger charge is 2.13. The molecule has 5 heteroatoms. The molecule has 18 heavy (non-hydrogen) atoms. The zero-order chi connectivity index (χ0) is 13.0. The van der Waals surface area contributed by atoms with E-state index >= 15 is 0 Å². The van der Waals surface area contributed by atoms with Crippen molar-refractivity contribution in [3.8, 4) is 5.75 Å². The number of nitrogens with zero attached hydrogens (tertiary/aromatic N) is 1. The summed E-state index contributed by atoms with van der Waals surface area (Å²) < 4.78 is 18.8. The van der Waals surface area contributed by atoms with E-state index in [9.17, 15) is 4.39 Å². The van der Waals surface area contributed by atoms with Gasteiger partial charge in [-0.3, -0.25) is 0 Å². The molecule has 100 valence electrons. The van der Waals surface area contributed by atoms with Crippen molar-refractivity contribution >= 4 is 11.4 Å². The molecule has 1 fully saturated rings. The van der Waals surface area contributed by atoms with Gasteiger partial charge >= 0.3 is 0 Å². The summed E-state index contributed by atoms with van der Waals surface area (Å²) in [5.41, 5.74) is 10.2. The number of piperidine rings is 1. The molecule has 4 nitrogen and oxygen atoms in total. The SMILES string of the molecule is CCOc1cc(NN2CCCCC2)c(N)cc1F. The molecule has 3 N–H and O–H groups in total. The second-order valence-corrected chi connectivity index (χ2v) is 4.46. The molecule has 0 atom stereocenters. The molecular formula is C13H20FN3O. The lowest BCUT2D eigenvalue weighted by Gasteiger charge is -2.28. The Bertz CT molecular complexity index is 405. The lowest BCUT2D eigenvalue weighted by Crippen LogP contribution is -2.35. The number of nitrogens with two attached hydrogens (primary N) is 1. The van der Waals surface area contributed by atoms with Crippen molar-refractivity contribution in [2.75, 3.05) is 30.9 Å². The molecule has 0 spiro atoms.